The second-order valence-corrected chi connectivity index (χ2v) is 8.88. The SMILES string of the molecule is CCCC(CC(C)C)C(=O)N=C(N)c1ccc2c(c1C1CC1C(C)(F)F)OC(F)(F)O2. The van der Waals surface area contributed by atoms with Crippen molar-refractivity contribution >= 4 is 11.7 Å². The molecule has 0 radical (unpaired) electrons. The fraction of sp³-hybridized carbons (Fsp3) is 0.636. The first-order chi connectivity index (χ1) is 14.3. The van der Waals surface area contributed by atoms with Gasteiger partial charge >= 0.3 is 6.29 Å². The molecule has 3 atom stereocenters. The Labute approximate surface area is 179 Å². The number of fused-ring (bicyclic) bond motifs is 1. The molecule has 1 fully saturated rings. The van der Waals surface area contributed by atoms with E-state index < -0.39 is 30.0 Å². The van der Waals surface area contributed by atoms with Crippen LogP contribution in [0.4, 0.5) is 17.6 Å². The Balaban J connectivity index is 1.99. The van der Waals surface area contributed by atoms with E-state index in [9.17, 15) is 22.4 Å². The van der Waals surface area contributed by atoms with Gasteiger partial charge in [0.15, 0.2) is 11.5 Å². The molecule has 1 saturated carbocycles. The number of amidine groups is 1. The van der Waals surface area contributed by atoms with E-state index in [2.05, 4.69) is 14.5 Å². The van der Waals surface area contributed by atoms with Crippen LogP contribution in [0, 0.1) is 17.8 Å². The lowest BCUT2D eigenvalue weighted by atomic mass is 9.92. The minimum atomic E-state index is -3.90. The van der Waals surface area contributed by atoms with Crippen LogP contribution in [0.3, 0.4) is 0 Å². The quantitative estimate of drug-likeness (QED) is 0.328. The first kappa shape index (κ1) is 23.3. The Morgan fingerprint density at radius 3 is 2.55 bits per heavy atom. The number of rotatable bonds is 8. The Bertz CT molecular complexity index is 880. The minimum absolute atomic E-state index is 0.0783. The smallest absolute Gasteiger partial charge is 0.395 e. The van der Waals surface area contributed by atoms with Crippen LogP contribution in [0.15, 0.2) is 17.1 Å². The second-order valence-electron chi connectivity index (χ2n) is 8.88. The van der Waals surface area contributed by atoms with Crippen molar-refractivity contribution in [2.75, 3.05) is 0 Å². The average molecular weight is 444 g/mol. The summed E-state index contributed by atoms with van der Waals surface area (Å²) in [5.41, 5.74) is 6.33. The standard InChI is InChI=1S/C22H28F4N2O3/c1-5-6-12(9-11(2)3)20(29)28-19(27)13-7-8-16-18(31-22(25,26)30-16)17(13)14-10-15(14)21(4,23)24/h7-8,11-12,14-15H,5-6,9-10H2,1-4H3,(H2,27,28,29). The molecule has 0 bridgehead atoms. The number of benzene rings is 1. The number of aliphatic imine (C=N–C) groups is 1. The van der Waals surface area contributed by atoms with Crippen molar-refractivity contribution in [1.82, 2.24) is 0 Å². The number of hydrogen-bond donors (Lipinski definition) is 1. The summed E-state index contributed by atoms with van der Waals surface area (Å²) in [4.78, 5) is 16.8. The fourth-order valence-corrected chi connectivity index (χ4v) is 4.23. The van der Waals surface area contributed by atoms with Gasteiger partial charge in [-0.15, -0.1) is 8.78 Å². The van der Waals surface area contributed by atoms with Crippen molar-refractivity contribution in [3.8, 4) is 11.5 Å². The summed E-state index contributed by atoms with van der Waals surface area (Å²) in [7, 11) is 0. The van der Waals surface area contributed by atoms with Crippen molar-refractivity contribution in [3.63, 3.8) is 0 Å². The van der Waals surface area contributed by atoms with Crippen molar-refractivity contribution in [1.29, 1.82) is 0 Å². The Morgan fingerprint density at radius 1 is 1.32 bits per heavy atom. The highest BCUT2D eigenvalue weighted by Crippen LogP contribution is 2.60. The zero-order valence-electron chi connectivity index (χ0n) is 18.1. The summed E-state index contributed by atoms with van der Waals surface area (Å²) >= 11 is 0. The van der Waals surface area contributed by atoms with Crippen LogP contribution in [0.1, 0.15) is 70.4 Å². The molecule has 5 nitrogen and oxygen atoms in total. The maximum absolute atomic E-state index is 13.9. The number of ether oxygens (including phenoxy) is 2. The average Bonchev–Trinajstić information content (AvgIpc) is 3.36. The van der Waals surface area contributed by atoms with Crippen LogP contribution >= 0.6 is 0 Å². The van der Waals surface area contributed by atoms with Gasteiger partial charge in [-0.05, 0) is 50.2 Å². The van der Waals surface area contributed by atoms with Gasteiger partial charge in [0, 0.05) is 23.0 Å². The highest BCUT2D eigenvalue weighted by molar-refractivity contribution is 6.06. The molecule has 0 aromatic heterocycles. The predicted molar refractivity (Wildman–Crippen MR) is 108 cm³/mol. The number of nitrogens with zero attached hydrogens (tertiary/aromatic N) is 1. The molecule has 0 spiro atoms. The van der Waals surface area contributed by atoms with Gasteiger partial charge in [-0.2, -0.15) is 4.99 Å². The van der Waals surface area contributed by atoms with E-state index in [0.29, 0.717) is 12.8 Å². The normalized spacial score (nSPS) is 23.2. The molecule has 3 rings (SSSR count). The van der Waals surface area contributed by atoms with E-state index in [1.807, 2.05) is 20.8 Å². The highest BCUT2D eigenvalue weighted by atomic mass is 19.3. The molecule has 2 aliphatic rings. The molecular formula is C22H28F4N2O3. The number of amides is 1. The lowest BCUT2D eigenvalue weighted by Gasteiger charge is -2.16. The molecular weight excluding hydrogens is 416 g/mol. The number of alkyl halides is 4. The van der Waals surface area contributed by atoms with Crippen molar-refractivity contribution in [3.05, 3.63) is 23.3 Å². The lowest BCUT2D eigenvalue weighted by molar-refractivity contribution is -0.286. The number of halogens is 4. The predicted octanol–water partition coefficient (Wildman–Crippen LogP) is 5.46. The zero-order valence-corrected chi connectivity index (χ0v) is 18.1. The van der Waals surface area contributed by atoms with Gasteiger partial charge in [0.05, 0.1) is 0 Å². The van der Waals surface area contributed by atoms with Crippen LogP contribution in [0.2, 0.25) is 0 Å². The van der Waals surface area contributed by atoms with E-state index in [0.717, 1.165) is 13.3 Å². The van der Waals surface area contributed by atoms with E-state index in [1.165, 1.54) is 12.1 Å². The summed E-state index contributed by atoms with van der Waals surface area (Å²) in [5.74, 6) is -6.03. The third kappa shape index (κ3) is 5.13. The Hall–Kier alpha value is -2.32. The topological polar surface area (TPSA) is 73.9 Å². The van der Waals surface area contributed by atoms with Gasteiger partial charge in [0.1, 0.15) is 5.84 Å². The zero-order chi connectivity index (χ0) is 23.1. The maximum atomic E-state index is 13.9. The summed E-state index contributed by atoms with van der Waals surface area (Å²) < 4.78 is 64.2. The molecule has 172 valence electrons. The van der Waals surface area contributed by atoms with Crippen LogP contribution in [0.5, 0.6) is 11.5 Å². The van der Waals surface area contributed by atoms with E-state index in [4.69, 9.17) is 5.73 Å². The third-order valence-corrected chi connectivity index (χ3v) is 5.67. The molecule has 2 N–H and O–H groups in total. The number of nitrogens with two attached hydrogens (primary N) is 1. The minimum Gasteiger partial charge on any atom is -0.395 e. The van der Waals surface area contributed by atoms with Gasteiger partial charge in [-0.3, -0.25) is 4.79 Å². The maximum Gasteiger partial charge on any atom is 0.586 e. The van der Waals surface area contributed by atoms with Crippen LogP contribution < -0.4 is 15.2 Å². The van der Waals surface area contributed by atoms with Crippen molar-refractivity contribution < 1.29 is 31.8 Å². The summed E-state index contributed by atoms with van der Waals surface area (Å²) in [6.45, 7) is 6.74. The number of carbonyl (C=O) groups excluding carboxylic acids is 1. The first-order valence-electron chi connectivity index (χ1n) is 10.5. The number of hydrogen-bond acceptors (Lipinski definition) is 3. The van der Waals surface area contributed by atoms with Gasteiger partial charge in [-0.1, -0.05) is 27.2 Å². The molecule has 0 saturated heterocycles. The molecule has 1 aromatic carbocycles. The molecule has 1 aromatic rings. The van der Waals surface area contributed by atoms with Crippen molar-refractivity contribution in [2.45, 2.75) is 71.5 Å². The van der Waals surface area contributed by atoms with Gasteiger partial charge in [-0.25, -0.2) is 8.78 Å². The second kappa shape index (κ2) is 8.31. The summed E-state index contributed by atoms with van der Waals surface area (Å²) in [6, 6.07) is 2.59. The molecule has 1 aliphatic heterocycles. The van der Waals surface area contributed by atoms with E-state index in [1.54, 1.807) is 0 Å². The Kier molecular flexibility index (Phi) is 6.26. The first-order valence-corrected chi connectivity index (χ1v) is 10.5. The van der Waals surface area contributed by atoms with Crippen molar-refractivity contribution in [2.24, 2.45) is 28.5 Å². The van der Waals surface area contributed by atoms with Crippen LogP contribution in [0.25, 0.3) is 0 Å². The Morgan fingerprint density at radius 2 is 2.00 bits per heavy atom. The van der Waals surface area contributed by atoms with Crippen LogP contribution in [-0.4, -0.2) is 24.0 Å². The van der Waals surface area contributed by atoms with Gasteiger partial charge in [0.2, 0.25) is 5.92 Å². The van der Waals surface area contributed by atoms with Crippen LogP contribution in [-0.2, 0) is 4.79 Å². The molecule has 1 amide bonds. The summed E-state index contributed by atoms with van der Waals surface area (Å²) in [5, 5.41) is 0. The van der Waals surface area contributed by atoms with E-state index >= 15 is 0 Å². The molecule has 3 unspecified atom stereocenters. The fourth-order valence-electron chi connectivity index (χ4n) is 4.23. The monoisotopic (exact) mass is 444 g/mol. The van der Waals surface area contributed by atoms with Gasteiger partial charge < -0.3 is 15.2 Å². The lowest BCUT2D eigenvalue weighted by Crippen LogP contribution is -2.26. The summed E-state index contributed by atoms with van der Waals surface area (Å²) in [6.07, 6.45) is -1.76. The molecule has 1 aliphatic carbocycles. The number of carbonyl (C=O) groups is 1. The molecule has 9 heteroatoms. The highest BCUT2D eigenvalue weighted by Gasteiger charge is 2.56. The molecule has 31 heavy (non-hydrogen) atoms. The molecule has 1 heterocycles. The largest absolute Gasteiger partial charge is 0.586 e. The van der Waals surface area contributed by atoms with Gasteiger partial charge in [0.25, 0.3) is 5.91 Å². The third-order valence-electron chi connectivity index (χ3n) is 5.67. The van der Waals surface area contributed by atoms with E-state index in [-0.39, 0.29) is 46.7 Å².